The molecule has 0 spiro atoms. The standard InChI is InChI=1S/C19H30N2O2/c1-5-10-18(22)21(14-13-17-11-8-7-9-12-17)16(4)19(23)20-15(3)6-2/h7-9,11-12,15-16H,5-6,10,13-14H2,1-4H3,(H,20,23)/t15-,16-/m0/s1. The number of hydrogen-bond donors (Lipinski definition) is 1. The highest BCUT2D eigenvalue weighted by Crippen LogP contribution is 2.09. The van der Waals surface area contributed by atoms with Gasteiger partial charge in [0.25, 0.3) is 0 Å². The van der Waals surface area contributed by atoms with Crippen molar-refractivity contribution in [1.82, 2.24) is 10.2 Å². The fourth-order valence-corrected chi connectivity index (χ4v) is 2.39. The van der Waals surface area contributed by atoms with E-state index in [-0.39, 0.29) is 17.9 Å². The zero-order valence-corrected chi connectivity index (χ0v) is 14.8. The molecular formula is C19H30N2O2. The first-order valence-corrected chi connectivity index (χ1v) is 8.63. The van der Waals surface area contributed by atoms with Gasteiger partial charge in [0, 0.05) is 19.0 Å². The van der Waals surface area contributed by atoms with Gasteiger partial charge in [-0.2, -0.15) is 0 Å². The van der Waals surface area contributed by atoms with Gasteiger partial charge in [-0.15, -0.1) is 0 Å². The number of carbonyl (C=O) groups is 2. The number of carbonyl (C=O) groups excluding carboxylic acids is 2. The summed E-state index contributed by atoms with van der Waals surface area (Å²) < 4.78 is 0. The number of nitrogens with one attached hydrogen (secondary N) is 1. The lowest BCUT2D eigenvalue weighted by molar-refractivity contribution is -0.140. The van der Waals surface area contributed by atoms with Gasteiger partial charge in [-0.05, 0) is 38.7 Å². The largest absolute Gasteiger partial charge is 0.352 e. The minimum atomic E-state index is -0.438. The second-order valence-corrected chi connectivity index (χ2v) is 6.07. The van der Waals surface area contributed by atoms with Crippen LogP contribution < -0.4 is 5.32 Å². The van der Waals surface area contributed by atoms with E-state index in [4.69, 9.17) is 0 Å². The van der Waals surface area contributed by atoms with Crippen LogP contribution in [0, 0.1) is 0 Å². The quantitative estimate of drug-likeness (QED) is 0.760. The average molecular weight is 318 g/mol. The maximum absolute atomic E-state index is 12.4. The molecule has 0 aliphatic heterocycles. The first-order chi connectivity index (χ1) is 11.0. The molecule has 23 heavy (non-hydrogen) atoms. The van der Waals surface area contributed by atoms with Crippen molar-refractivity contribution >= 4 is 11.8 Å². The van der Waals surface area contributed by atoms with Gasteiger partial charge in [-0.1, -0.05) is 44.2 Å². The SMILES string of the molecule is CCCC(=O)N(CCc1ccccc1)[C@@H](C)C(=O)N[C@@H](C)CC. The van der Waals surface area contributed by atoms with Crippen LogP contribution >= 0.6 is 0 Å². The maximum atomic E-state index is 12.4. The van der Waals surface area contributed by atoms with Crippen molar-refractivity contribution in [2.45, 2.75) is 65.5 Å². The van der Waals surface area contributed by atoms with Crippen LogP contribution in [0.15, 0.2) is 30.3 Å². The highest BCUT2D eigenvalue weighted by molar-refractivity contribution is 5.87. The Morgan fingerprint density at radius 2 is 1.78 bits per heavy atom. The van der Waals surface area contributed by atoms with Gasteiger partial charge in [-0.3, -0.25) is 9.59 Å². The van der Waals surface area contributed by atoms with Crippen LogP contribution in [0.2, 0.25) is 0 Å². The van der Waals surface area contributed by atoms with Gasteiger partial charge in [0.15, 0.2) is 0 Å². The van der Waals surface area contributed by atoms with Crippen molar-refractivity contribution in [3.63, 3.8) is 0 Å². The van der Waals surface area contributed by atoms with Crippen LogP contribution in [-0.4, -0.2) is 35.3 Å². The molecular weight excluding hydrogens is 288 g/mol. The predicted molar refractivity (Wildman–Crippen MR) is 94.1 cm³/mol. The molecule has 0 bridgehead atoms. The van der Waals surface area contributed by atoms with Gasteiger partial charge >= 0.3 is 0 Å². The summed E-state index contributed by atoms with van der Waals surface area (Å²) in [7, 11) is 0. The molecule has 0 aliphatic carbocycles. The summed E-state index contributed by atoms with van der Waals surface area (Å²) in [5, 5.41) is 2.97. The van der Waals surface area contributed by atoms with E-state index < -0.39 is 6.04 Å². The molecule has 0 saturated heterocycles. The van der Waals surface area contributed by atoms with Crippen molar-refractivity contribution < 1.29 is 9.59 Å². The lowest BCUT2D eigenvalue weighted by Gasteiger charge is -2.29. The number of nitrogens with zero attached hydrogens (tertiary/aromatic N) is 1. The van der Waals surface area contributed by atoms with Crippen LogP contribution in [0.1, 0.15) is 52.5 Å². The average Bonchev–Trinajstić information content (AvgIpc) is 2.55. The van der Waals surface area contributed by atoms with Crippen LogP contribution in [-0.2, 0) is 16.0 Å². The molecule has 0 heterocycles. The van der Waals surface area contributed by atoms with Crippen LogP contribution in [0.25, 0.3) is 0 Å². The smallest absolute Gasteiger partial charge is 0.242 e. The van der Waals surface area contributed by atoms with Crippen LogP contribution in [0.4, 0.5) is 0 Å². The van der Waals surface area contributed by atoms with E-state index in [2.05, 4.69) is 5.32 Å². The molecule has 1 aromatic carbocycles. The molecule has 1 N–H and O–H groups in total. The minimum Gasteiger partial charge on any atom is -0.352 e. The van der Waals surface area contributed by atoms with Crippen molar-refractivity contribution in [3.8, 4) is 0 Å². The number of benzene rings is 1. The monoisotopic (exact) mass is 318 g/mol. The first-order valence-electron chi connectivity index (χ1n) is 8.63. The molecule has 0 unspecified atom stereocenters. The van der Waals surface area contributed by atoms with Gasteiger partial charge in [0.1, 0.15) is 6.04 Å². The topological polar surface area (TPSA) is 49.4 Å². The fourth-order valence-electron chi connectivity index (χ4n) is 2.39. The zero-order valence-electron chi connectivity index (χ0n) is 14.8. The Bertz CT molecular complexity index is 487. The second-order valence-electron chi connectivity index (χ2n) is 6.07. The van der Waals surface area contributed by atoms with E-state index in [1.807, 2.05) is 58.0 Å². The second kappa shape index (κ2) is 10.0. The molecule has 128 valence electrons. The van der Waals surface area contributed by atoms with Crippen molar-refractivity contribution in [2.75, 3.05) is 6.54 Å². The van der Waals surface area contributed by atoms with Gasteiger partial charge in [-0.25, -0.2) is 0 Å². The molecule has 0 saturated carbocycles. The van der Waals surface area contributed by atoms with Gasteiger partial charge in [0.05, 0.1) is 0 Å². The van der Waals surface area contributed by atoms with E-state index >= 15 is 0 Å². The lowest BCUT2D eigenvalue weighted by Crippen LogP contribution is -2.50. The Kier molecular flexibility index (Phi) is 8.38. The molecule has 1 aromatic rings. The highest BCUT2D eigenvalue weighted by atomic mass is 16.2. The third-order valence-corrected chi connectivity index (χ3v) is 4.12. The lowest BCUT2D eigenvalue weighted by atomic mass is 10.1. The summed E-state index contributed by atoms with van der Waals surface area (Å²) in [4.78, 5) is 26.5. The number of amides is 2. The predicted octanol–water partition coefficient (Wildman–Crippen LogP) is 3.16. The number of rotatable bonds is 9. The Hall–Kier alpha value is -1.84. The summed E-state index contributed by atoms with van der Waals surface area (Å²) in [6.45, 7) is 8.38. The summed E-state index contributed by atoms with van der Waals surface area (Å²) in [6.07, 6.45) is 2.92. The van der Waals surface area contributed by atoms with E-state index in [9.17, 15) is 9.59 Å². The van der Waals surface area contributed by atoms with Crippen LogP contribution in [0.5, 0.6) is 0 Å². The van der Waals surface area contributed by atoms with Gasteiger partial charge < -0.3 is 10.2 Å². The Morgan fingerprint density at radius 1 is 1.13 bits per heavy atom. The summed E-state index contributed by atoms with van der Waals surface area (Å²) >= 11 is 0. The van der Waals surface area contributed by atoms with Crippen molar-refractivity contribution in [1.29, 1.82) is 0 Å². The fraction of sp³-hybridized carbons (Fsp3) is 0.579. The molecule has 0 radical (unpaired) electrons. The molecule has 0 fully saturated rings. The van der Waals surface area contributed by atoms with Crippen molar-refractivity contribution in [3.05, 3.63) is 35.9 Å². The van der Waals surface area contributed by atoms with E-state index in [0.717, 1.165) is 19.3 Å². The molecule has 2 amide bonds. The number of hydrogen-bond acceptors (Lipinski definition) is 2. The Balaban J connectivity index is 2.74. The molecule has 4 heteroatoms. The third-order valence-electron chi connectivity index (χ3n) is 4.12. The molecule has 2 atom stereocenters. The maximum Gasteiger partial charge on any atom is 0.242 e. The van der Waals surface area contributed by atoms with E-state index in [1.165, 1.54) is 5.56 Å². The molecule has 1 rings (SSSR count). The Labute approximate surface area is 140 Å². The molecule has 0 aromatic heterocycles. The van der Waals surface area contributed by atoms with Gasteiger partial charge in [0.2, 0.25) is 11.8 Å². The van der Waals surface area contributed by atoms with E-state index in [1.54, 1.807) is 4.90 Å². The summed E-state index contributed by atoms with van der Waals surface area (Å²) in [6, 6.07) is 9.75. The van der Waals surface area contributed by atoms with E-state index in [0.29, 0.717) is 13.0 Å². The molecule has 4 nitrogen and oxygen atoms in total. The summed E-state index contributed by atoms with van der Waals surface area (Å²) in [5.74, 6) is -0.0212. The summed E-state index contributed by atoms with van der Waals surface area (Å²) in [5.41, 5.74) is 1.18. The molecule has 0 aliphatic rings. The minimum absolute atomic E-state index is 0.0511. The Morgan fingerprint density at radius 3 is 2.35 bits per heavy atom. The van der Waals surface area contributed by atoms with Crippen molar-refractivity contribution in [2.24, 2.45) is 0 Å². The highest BCUT2D eigenvalue weighted by Gasteiger charge is 2.25. The normalized spacial score (nSPS) is 13.2. The van der Waals surface area contributed by atoms with Crippen LogP contribution in [0.3, 0.4) is 0 Å². The third kappa shape index (κ3) is 6.43. The first kappa shape index (κ1) is 19.2. The zero-order chi connectivity index (χ0) is 17.2.